The molecule has 1 atom stereocenters. The average Bonchev–Trinajstić information content (AvgIpc) is 2.59. The lowest BCUT2D eigenvalue weighted by atomic mass is 9.74. The minimum atomic E-state index is -0.550. The number of aryl methyl sites for hydroxylation is 2. The molecule has 1 aliphatic carbocycles. The number of aromatic nitrogens is 2. The van der Waals surface area contributed by atoms with Gasteiger partial charge >= 0.3 is 6.09 Å². The van der Waals surface area contributed by atoms with Gasteiger partial charge in [-0.05, 0) is 62.6 Å². The van der Waals surface area contributed by atoms with E-state index in [1.807, 2.05) is 33.9 Å². The first-order valence-corrected chi connectivity index (χ1v) is 10.3. The number of hydrogen-bond donors (Lipinski definition) is 1. The summed E-state index contributed by atoms with van der Waals surface area (Å²) in [6.07, 6.45) is 3.71. The molecule has 5 heteroatoms. The SMILES string of the molecule is Cc1ncc2c(n1)CCC(NC(=O)OC(C)(C)C)(c1cccc(C(C)(C)C)c1)C2. The Morgan fingerprint density at radius 1 is 1.17 bits per heavy atom. The molecule has 3 rings (SSSR count). The van der Waals surface area contributed by atoms with Gasteiger partial charge in [0, 0.05) is 18.3 Å². The van der Waals surface area contributed by atoms with Gasteiger partial charge in [0.1, 0.15) is 11.4 Å². The molecule has 29 heavy (non-hydrogen) atoms. The van der Waals surface area contributed by atoms with Crippen LogP contribution in [0.2, 0.25) is 0 Å². The monoisotopic (exact) mass is 395 g/mol. The van der Waals surface area contributed by atoms with Crippen LogP contribution in [0.4, 0.5) is 4.79 Å². The van der Waals surface area contributed by atoms with Gasteiger partial charge in [-0.15, -0.1) is 0 Å². The Hall–Kier alpha value is -2.43. The summed E-state index contributed by atoms with van der Waals surface area (Å²) in [6, 6.07) is 8.55. The maximum atomic E-state index is 12.8. The molecule has 1 unspecified atom stereocenters. The van der Waals surface area contributed by atoms with Crippen molar-refractivity contribution in [3.8, 4) is 0 Å². The van der Waals surface area contributed by atoms with Crippen LogP contribution < -0.4 is 5.32 Å². The topological polar surface area (TPSA) is 64.1 Å². The summed E-state index contributed by atoms with van der Waals surface area (Å²) < 4.78 is 5.61. The van der Waals surface area contributed by atoms with Crippen molar-refractivity contribution in [3.63, 3.8) is 0 Å². The molecular formula is C24H33N3O2. The summed E-state index contributed by atoms with van der Waals surface area (Å²) in [7, 11) is 0. The Balaban J connectivity index is 2.03. The van der Waals surface area contributed by atoms with Gasteiger partial charge in [0.2, 0.25) is 0 Å². The smallest absolute Gasteiger partial charge is 0.408 e. The lowest BCUT2D eigenvalue weighted by Crippen LogP contribution is -2.51. The second kappa shape index (κ2) is 7.43. The molecule has 1 aliphatic rings. The first-order valence-electron chi connectivity index (χ1n) is 10.3. The van der Waals surface area contributed by atoms with Gasteiger partial charge in [0.05, 0.1) is 5.54 Å². The van der Waals surface area contributed by atoms with E-state index >= 15 is 0 Å². The molecule has 1 aromatic carbocycles. The third kappa shape index (κ3) is 4.95. The van der Waals surface area contributed by atoms with Crippen molar-refractivity contribution in [1.29, 1.82) is 0 Å². The van der Waals surface area contributed by atoms with Crippen LogP contribution in [0.5, 0.6) is 0 Å². The molecule has 1 aromatic heterocycles. The number of fused-ring (bicyclic) bond motifs is 1. The van der Waals surface area contributed by atoms with Crippen molar-refractivity contribution in [3.05, 3.63) is 58.7 Å². The fraction of sp³-hybridized carbons (Fsp3) is 0.542. The summed E-state index contributed by atoms with van der Waals surface area (Å²) in [5.74, 6) is 0.783. The van der Waals surface area contributed by atoms with Crippen LogP contribution in [0.15, 0.2) is 30.5 Å². The Kier molecular flexibility index (Phi) is 5.46. The summed E-state index contributed by atoms with van der Waals surface area (Å²) >= 11 is 0. The second-order valence-corrected chi connectivity index (χ2v) is 10.1. The predicted molar refractivity (Wildman–Crippen MR) is 115 cm³/mol. The molecule has 0 radical (unpaired) electrons. The van der Waals surface area contributed by atoms with Crippen molar-refractivity contribution >= 4 is 6.09 Å². The highest BCUT2D eigenvalue weighted by atomic mass is 16.6. The second-order valence-electron chi connectivity index (χ2n) is 10.1. The van der Waals surface area contributed by atoms with E-state index < -0.39 is 17.2 Å². The molecule has 0 bridgehead atoms. The number of carbonyl (C=O) groups excluding carboxylic acids is 1. The predicted octanol–water partition coefficient (Wildman–Crippen LogP) is 4.99. The normalized spacial score (nSPS) is 19.4. The van der Waals surface area contributed by atoms with Crippen molar-refractivity contribution in [2.75, 3.05) is 0 Å². The molecule has 0 saturated heterocycles. The average molecular weight is 396 g/mol. The summed E-state index contributed by atoms with van der Waals surface area (Å²) in [5.41, 5.74) is 3.43. The largest absolute Gasteiger partial charge is 0.444 e. The van der Waals surface area contributed by atoms with Crippen LogP contribution in [0.3, 0.4) is 0 Å². The van der Waals surface area contributed by atoms with Crippen molar-refractivity contribution in [2.24, 2.45) is 0 Å². The number of nitrogens with zero attached hydrogens (tertiary/aromatic N) is 2. The third-order valence-electron chi connectivity index (χ3n) is 5.38. The minimum Gasteiger partial charge on any atom is -0.444 e. The van der Waals surface area contributed by atoms with Crippen LogP contribution in [-0.4, -0.2) is 21.7 Å². The van der Waals surface area contributed by atoms with Gasteiger partial charge in [0.25, 0.3) is 0 Å². The lowest BCUT2D eigenvalue weighted by molar-refractivity contribution is 0.0439. The molecule has 1 amide bonds. The van der Waals surface area contributed by atoms with Crippen molar-refractivity contribution < 1.29 is 9.53 Å². The molecule has 5 nitrogen and oxygen atoms in total. The van der Waals surface area contributed by atoms with E-state index in [-0.39, 0.29) is 5.41 Å². The van der Waals surface area contributed by atoms with E-state index in [2.05, 4.69) is 60.3 Å². The molecule has 1 heterocycles. The molecule has 0 saturated carbocycles. The maximum Gasteiger partial charge on any atom is 0.408 e. The number of benzene rings is 1. The highest BCUT2D eigenvalue weighted by Gasteiger charge is 2.40. The molecule has 2 aromatic rings. The van der Waals surface area contributed by atoms with Crippen molar-refractivity contribution in [2.45, 2.75) is 84.3 Å². The van der Waals surface area contributed by atoms with Crippen LogP contribution in [-0.2, 0) is 28.5 Å². The number of carbonyl (C=O) groups is 1. The number of rotatable bonds is 2. The van der Waals surface area contributed by atoms with E-state index in [1.165, 1.54) is 5.56 Å². The zero-order chi connectivity index (χ0) is 21.4. The summed E-state index contributed by atoms with van der Waals surface area (Å²) in [6.45, 7) is 14.2. The van der Waals surface area contributed by atoms with E-state index in [9.17, 15) is 4.79 Å². The van der Waals surface area contributed by atoms with Crippen LogP contribution in [0.25, 0.3) is 0 Å². The van der Waals surface area contributed by atoms with E-state index in [1.54, 1.807) is 0 Å². The van der Waals surface area contributed by atoms with Gasteiger partial charge in [-0.1, -0.05) is 45.0 Å². The lowest BCUT2D eigenvalue weighted by Gasteiger charge is -2.40. The first-order chi connectivity index (χ1) is 13.4. The fourth-order valence-corrected chi connectivity index (χ4v) is 3.86. The van der Waals surface area contributed by atoms with E-state index in [4.69, 9.17) is 4.74 Å². The third-order valence-corrected chi connectivity index (χ3v) is 5.38. The Labute approximate surface area is 174 Å². The minimum absolute atomic E-state index is 0.0237. The van der Waals surface area contributed by atoms with Gasteiger partial charge in [-0.3, -0.25) is 0 Å². The quantitative estimate of drug-likeness (QED) is 0.778. The van der Waals surface area contributed by atoms with Crippen LogP contribution >= 0.6 is 0 Å². The highest BCUT2D eigenvalue weighted by Crippen LogP contribution is 2.38. The first kappa shape index (κ1) is 21.3. The molecular weight excluding hydrogens is 362 g/mol. The molecule has 0 fully saturated rings. The number of ether oxygens (including phenoxy) is 1. The van der Waals surface area contributed by atoms with E-state index in [0.29, 0.717) is 6.42 Å². The van der Waals surface area contributed by atoms with E-state index in [0.717, 1.165) is 35.5 Å². The van der Waals surface area contributed by atoms with Gasteiger partial charge in [-0.25, -0.2) is 14.8 Å². The number of alkyl carbamates (subject to hydrolysis) is 1. The van der Waals surface area contributed by atoms with Crippen molar-refractivity contribution in [1.82, 2.24) is 15.3 Å². The fourth-order valence-electron chi connectivity index (χ4n) is 3.86. The Bertz CT molecular complexity index is 909. The zero-order valence-corrected chi connectivity index (χ0v) is 18.7. The Morgan fingerprint density at radius 3 is 2.55 bits per heavy atom. The number of nitrogens with one attached hydrogen (secondary N) is 1. The van der Waals surface area contributed by atoms with Gasteiger partial charge in [0.15, 0.2) is 0 Å². The molecule has 0 spiro atoms. The van der Waals surface area contributed by atoms with Crippen LogP contribution in [0, 0.1) is 6.92 Å². The molecule has 1 N–H and O–H groups in total. The summed E-state index contributed by atoms with van der Waals surface area (Å²) in [5, 5.41) is 3.22. The molecule has 0 aliphatic heterocycles. The number of amides is 1. The standard InChI is InChI=1S/C24H33N3O2/c1-16-25-15-17-14-24(12-11-20(17)26-16,27-21(28)29-23(5,6)7)19-10-8-9-18(13-19)22(2,3)4/h8-10,13,15H,11-12,14H2,1-7H3,(H,27,28). The maximum absolute atomic E-state index is 12.8. The van der Waals surface area contributed by atoms with Gasteiger partial charge < -0.3 is 10.1 Å². The summed E-state index contributed by atoms with van der Waals surface area (Å²) in [4.78, 5) is 21.8. The highest BCUT2D eigenvalue weighted by molar-refractivity contribution is 5.69. The van der Waals surface area contributed by atoms with Gasteiger partial charge in [-0.2, -0.15) is 0 Å². The number of hydrogen-bond acceptors (Lipinski definition) is 4. The molecule has 156 valence electrons. The zero-order valence-electron chi connectivity index (χ0n) is 18.7. The Morgan fingerprint density at radius 2 is 1.90 bits per heavy atom. The van der Waals surface area contributed by atoms with Crippen LogP contribution in [0.1, 0.15) is 76.2 Å².